The van der Waals surface area contributed by atoms with Crippen LogP contribution in [-0.4, -0.2) is 41.3 Å². The fourth-order valence-corrected chi connectivity index (χ4v) is 3.77. The van der Waals surface area contributed by atoms with Gasteiger partial charge in [-0.25, -0.2) is 0 Å². The van der Waals surface area contributed by atoms with Crippen molar-refractivity contribution in [1.82, 2.24) is 4.90 Å². The zero-order valence-electron chi connectivity index (χ0n) is 19.3. The lowest BCUT2D eigenvalue weighted by molar-refractivity contribution is -0.139. The number of aryl methyl sites for hydroxylation is 3. The molecule has 172 valence electrons. The van der Waals surface area contributed by atoms with Gasteiger partial charge in [0.25, 0.3) is 0 Å². The standard InChI is InChI=1S/C25H33N3O4/c1-16-13-21(32-19(4)29)14-17(2)22(16)15-23(26)25(31)28(18(3)24(27)30)12-8-11-20-9-6-5-7-10-20/h5-7,9-10,13-14,18,23H,8,11-12,15,26H2,1-4H3,(H2,27,30)/t18-,23+/m1/s1. The summed E-state index contributed by atoms with van der Waals surface area (Å²) in [4.78, 5) is 37.7. The van der Waals surface area contributed by atoms with Gasteiger partial charge in [0, 0.05) is 13.5 Å². The van der Waals surface area contributed by atoms with Crippen molar-refractivity contribution in [3.63, 3.8) is 0 Å². The van der Waals surface area contributed by atoms with Crippen LogP contribution in [0.3, 0.4) is 0 Å². The molecule has 0 aliphatic carbocycles. The fourth-order valence-electron chi connectivity index (χ4n) is 3.77. The molecule has 7 nitrogen and oxygen atoms in total. The Morgan fingerprint density at radius 2 is 1.66 bits per heavy atom. The Kier molecular flexibility index (Phi) is 8.96. The van der Waals surface area contributed by atoms with Gasteiger partial charge in [0.15, 0.2) is 0 Å². The molecule has 7 heteroatoms. The molecule has 0 saturated carbocycles. The number of nitrogens with zero attached hydrogens (tertiary/aromatic N) is 1. The largest absolute Gasteiger partial charge is 0.427 e. The van der Waals surface area contributed by atoms with Crippen molar-refractivity contribution in [1.29, 1.82) is 0 Å². The Morgan fingerprint density at radius 1 is 1.06 bits per heavy atom. The van der Waals surface area contributed by atoms with Gasteiger partial charge in [0.2, 0.25) is 11.8 Å². The van der Waals surface area contributed by atoms with E-state index in [0.717, 1.165) is 28.7 Å². The number of amides is 2. The van der Waals surface area contributed by atoms with E-state index in [0.29, 0.717) is 25.1 Å². The Bertz CT molecular complexity index is 936. The molecule has 0 heterocycles. The van der Waals surface area contributed by atoms with Gasteiger partial charge in [-0.15, -0.1) is 0 Å². The molecule has 0 radical (unpaired) electrons. The minimum absolute atomic E-state index is 0.303. The fraction of sp³-hybridized carbons (Fsp3) is 0.400. The summed E-state index contributed by atoms with van der Waals surface area (Å²) >= 11 is 0. The number of benzene rings is 2. The Morgan fingerprint density at radius 3 is 2.19 bits per heavy atom. The molecule has 2 amide bonds. The maximum Gasteiger partial charge on any atom is 0.308 e. The lowest BCUT2D eigenvalue weighted by Crippen LogP contribution is -2.53. The molecule has 0 spiro atoms. The zero-order chi connectivity index (χ0) is 23.8. The van der Waals surface area contributed by atoms with Crippen LogP contribution in [0.5, 0.6) is 5.75 Å². The van der Waals surface area contributed by atoms with E-state index in [4.69, 9.17) is 16.2 Å². The lowest BCUT2D eigenvalue weighted by atomic mass is 9.95. The zero-order valence-corrected chi connectivity index (χ0v) is 19.3. The molecule has 0 bridgehead atoms. The highest BCUT2D eigenvalue weighted by molar-refractivity contribution is 5.89. The highest BCUT2D eigenvalue weighted by Crippen LogP contribution is 2.23. The third-order valence-corrected chi connectivity index (χ3v) is 5.54. The molecule has 2 rings (SSSR count). The van der Waals surface area contributed by atoms with E-state index in [2.05, 4.69) is 0 Å². The number of hydrogen-bond donors (Lipinski definition) is 2. The van der Waals surface area contributed by atoms with Crippen LogP contribution in [0, 0.1) is 13.8 Å². The predicted octanol–water partition coefficient (Wildman–Crippen LogP) is 2.43. The summed E-state index contributed by atoms with van der Waals surface area (Å²) in [7, 11) is 0. The van der Waals surface area contributed by atoms with Crippen molar-refractivity contribution >= 4 is 17.8 Å². The van der Waals surface area contributed by atoms with Crippen LogP contribution in [0.15, 0.2) is 42.5 Å². The summed E-state index contributed by atoms with van der Waals surface area (Å²) in [6.07, 6.45) is 1.77. The van der Waals surface area contributed by atoms with E-state index in [1.54, 1.807) is 19.1 Å². The highest BCUT2D eigenvalue weighted by Gasteiger charge is 2.28. The maximum atomic E-state index is 13.2. The number of rotatable bonds is 10. The minimum atomic E-state index is -0.828. The van der Waals surface area contributed by atoms with Crippen molar-refractivity contribution in [3.05, 3.63) is 64.7 Å². The van der Waals surface area contributed by atoms with Gasteiger partial charge in [-0.05, 0) is 74.4 Å². The van der Waals surface area contributed by atoms with Crippen LogP contribution in [0.25, 0.3) is 0 Å². The number of esters is 1. The highest BCUT2D eigenvalue weighted by atomic mass is 16.5. The first-order chi connectivity index (χ1) is 15.1. The summed E-state index contributed by atoms with van der Waals surface area (Å²) in [5.74, 6) is -0.813. The number of hydrogen-bond acceptors (Lipinski definition) is 5. The SMILES string of the molecule is CC(=O)Oc1cc(C)c(C[C@H](N)C(=O)N(CCCc2ccccc2)[C@H](C)C(N)=O)c(C)c1. The number of nitrogens with two attached hydrogens (primary N) is 2. The number of carbonyl (C=O) groups excluding carboxylic acids is 3. The average molecular weight is 440 g/mol. The minimum Gasteiger partial charge on any atom is -0.427 e. The van der Waals surface area contributed by atoms with Gasteiger partial charge >= 0.3 is 5.97 Å². The van der Waals surface area contributed by atoms with Crippen LogP contribution in [0.1, 0.15) is 42.5 Å². The van der Waals surface area contributed by atoms with E-state index < -0.39 is 24.0 Å². The van der Waals surface area contributed by atoms with E-state index in [-0.39, 0.29) is 5.91 Å². The van der Waals surface area contributed by atoms with Crippen molar-refractivity contribution in [3.8, 4) is 5.75 Å². The van der Waals surface area contributed by atoms with E-state index in [1.165, 1.54) is 11.8 Å². The molecule has 4 N–H and O–H groups in total. The summed E-state index contributed by atoms with van der Waals surface area (Å²) < 4.78 is 5.16. The molecule has 0 aromatic heterocycles. The normalized spacial score (nSPS) is 12.7. The molecule has 0 aliphatic heterocycles. The molecule has 2 aromatic rings. The van der Waals surface area contributed by atoms with Crippen molar-refractivity contribution in [2.75, 3.05) is 6.54 Å². The van der Waals surface area contributed by atoms with Crippen LogP contribution >= 0.6 is 0 Å². The molecule has 0 saturated heterocycles. The van der Waals surface area contributed by atoms with Gasteiger partial charge in [-0.1, -0.05) is 30.3 Å². The van der Waals surface area contributed by atoms with Gasteiger partial charge in [-0.3, -0.25) is 14.4 Å². The molecule has 0 unspecified atom stereocenters. The van der Waals surface area contributed by atoms with Gasteiger partial charge in [0.05, 0.1) is 6.04 Å². The van der Waals surface area contributed by atoms with Crippen LogP contribution in [0.2, 0.25) is 0 Å². The second kappa shape index (κ2) is 11.4. The quantitative estimate of drug-likeness (QED) is 0.436. The number of ether oxygens (including phenoxy) is 1. The van der Waals surface area contributed by atoms with Crippen molar-refractivity contribution in [2.45, 2.75) is 59.0 Å². The third kappa shape index (κ3) is 6.92. The Labute approximate surface area is 189 Å². The second-order valence-electron chi connectivity index (χ2n) is 8.14. The van der Waals surface area contributed by atoms with Crippen molar-refractivity contribution in [2.24, 2.45) is 11.5 Å². The Hall–Kier alpha value is -3.19. The van der Waals surface area contributed by atoms with E-state index in [9.17, 15) is 14.4 Å². The first kappa shape index (κ1) is 25.1. The predicted molar refractivity (Wildman–Crippen MR) is 124 cm³/mol. The molecular weight excluding hydrogens is 406 g/mol. The monoisotopic (exact) mass is 439 g/mol. The average Bonchev–Trinajstić information content (AvgIpc) is 2.73. The summed E-state index contributed by atoms with van der Waals surface area (Å²) in [6.45, 7) is 7.13. The van der Waals surface area contributed by atoms with E-state index >= 15 is 0 Å². The molecule has 0 fully saturated rings. The summed E-state index contributed by atoms with van der Waals surface area (Å²) in [6, 6.07) is 11.9. The van der Waals surface area contributed by atoms with Crippen molar-refractivity contribution < 1.29 is 19.1 Å². The van der Waals surface area contributed by atoms with Crippen LogP contribution < -0.4 is 16.2 Å². The van der Waals surface area contributed by atoms with Gasteiger partial charge in [0.1, 0.15) is 11.8 Å². The Balaban J connectivity index is 2.12. The molecule has 0 aliphatic rings. The van der Waals surface area contributed by atoms with Gasteiger partial charge in [-0.2, -0.15) is 0 Å². The third-order valence-electron chi connectivity index (χ3n) is 5.54. The molecular formula is C25H33N3O4. The second-order valence-corrected chi connectivity index (χ2v) is 8.14. The smallest absolute Gasteiger partial charge is 0.308 e. The summed E-state index contributed by atoms with van der Waals surface area (Å²) in [5.41, 5.74) is 15.6. The summed E-state index contributed by atoms with van der Waals surface area (Å²) in [5, 5.41) is 0. The number of primary amides is 1. The number of carbonyl (C=O) groups is 3. The molecule has 32 heavy (non-hydrogen) atoms. The maximum absolute atomic E-state index is 13.2. The van der Waals surface area contributed by atoms with Gasteiger partial charge < -0.3 is 21.1 Å². The van der Waals surface area contributed by atoms with E-state index in [1.807, 2.05) is 44.2 Å². The van der Waals surface area contributed by atoms with Crippen LogP contribution in [-0.2, 0) is 27.2 Å². The van der Waals surface area contributed by atoms with Crippen LogP contribution in [0.4, 0.5) is 0 Å². The first-order valence-electron chi connectivity index (χ1n) is 10.8. The topological polar surface area (TPSA) is 116 Å². The lowest BCUT2D eigenvalue weighted by Gasteiger charge is -2.30. The molecule has 2 aromatic carbocycles. The first-order valence-corrected chi connectivity index (χ1v) is 10.8. The molecule has 2 atom stereocenters.